The second-order valence-corrected chi connectivity index (χ2v) is 16.0. The molecule has 2 aliphatic rings. The van der Waals surface area contributed by atoms with Gasteiger partial charge in [-0.1, -0.05) is 176 Å². The maximum atomic E-state index is 2.63. The molecule has 0 aliphatic carbocycles. The summed E-state index contributed by atoms with van der Waals surface area (Å²) < 4.78 is 0. The summed E-state index contributed by atoms with van der Waals surface area (Å²) in [4.78, 5) is 7.83. The van der Waals surface area contributed by atoms with Crippen LogP contribution in [0, 0.1) is 0 Å². The van der Waals surface area contributed by atoms with Gasteiger partial charge in [0.05, 0.1) is 10.0 Å². The van der Waals surface area contributed by atoms with Gasteiger partial charge in [0, 0.05) is 43.4 Å². The number of nitrogens with zero attached hydrogens (tertiary/aromatic N) is 2. The van der Waals surface area contributed by atoms with Crippen molar-refractivity contribution >= 4 is 56.5 Å². The van der Waals surface area contributed by atoms with Gasteiger partial charge >= 0.3 is 6.98 Å². The van der Waals surface area contributed by atoms with Crippen LogP contribution >= 0.6 is 22.7 Å². The van der Waals surface area contributed by atoms with Gasteiger partial charge in [-0.3, -0.25) is 0 Å². The molecule has 0 spiro atoms. The Morgan fingerprint density at radius 2 is 0.636 bits per heavy atom. The van der Waals surface area contributed by atoms with Crippen molar-refractivity contribution in [1.29, 1.82) is 0 Å². The molecule has 0 N–H and O–H groups in total. The molecule has 55 heavy (non-hydrogen) atoms. The Balaban J connectivity index is 1.31. The number of benzene rings is 7. The van der Waals surface area contributed by atoms with E-state index in [0.29, 0.717) is 0 Å². The van der Waals surface area contributed by atoms with Crippen molar-refractivity contribution in [3.8, 4) is 65.4 Å². The Morgan fingerprint density at radius 1 is 0.309 bits per heavy atom. The fourth-order valence-electron chi connectivity index (χ4n) is 8.59. The van der Waals surface area contributed by atoms with Gasteiger partial charge in [0.2, 0.25) is 0 Å². The molecule has 0 saturated carbocycles. The van der Waals surface area contributed by atoms with Gasteiger partial charge in [0.15, 0.2) is 0 Å². The topological polar surface area (TPSA) is 6.48 Å². The smallest absolute Gasteiger partial charge is 0.353 e. The SMILES string of the molecule is c1ccc(-c2sc3c(c2-c2ccccc2)-c2cccc4c2B(N3c2ccccc2)N(c2ccccc2)c2sc(-c3ccccc3)c(-c3ccccc3)c2-4)cc1. The van der Waals surface area contributed by atoms with Crippen molar-refractivity contribution in [2.24, 2.45) is 0 Å². The van der Waals surface area contributed by atoms with Crippen molar-refractivity contribution in [3.63, 3.8) is 0 Å². The number of hydrogen-bond donors (Lipinski definition) is 0. The minimum atomic E-state index is -0.146. The molecule has 2 aliphatic heterocycles. The molecule has 0 unspecified atom stereocenters. The Bertz CT molecular complexity index is 2610. The lowest BCUT2D eigenvalue weighted by atomic mass is 9.54. The highest BCUT2D eigenvalue weighted by Gasteiger charge is 2.50. The minimum Gasteiger partial charge on any atom is -0.353 e. The Hall–Kier alpha value is -6.40. The Kier molecular flexibility index (Phi) is 7.68. The van der Waals surface area contributed by atoms with Crippen LogP contribution in [0.3, 0.4) is 0 Å². The van der Waals surface area contributed by atoms with E-state index in [1.807, 2.05) is 22.7 Å². The normalized spacial score (nSPS) is 12.6. The van der Waals surface area contributed by atoms with Crippen molar-refractivity contribution in [1.82, 2.24) is 0 Å². The standard InChI is InChI=1S/C50H33BN2S2/c1-7-20-34(21-8-1)42-44-40-32-19-33-41-45-43(35-22-9-2-10-23-35)48(37-26-13-4-14-27-37)55-50(45)53(39-30-17-6-18-31-39)51(46(40)41)52(38-28-15-5-16-29-38)49(44)54-47(42)36-24-11-3-12-25-36/h1-33H. The molecule has 0 bridgehead atoms. The van der Waals surface area contributed by atoms with E-state index >= 15 is 0 Å². The quantitative estimate of drug-likeness (QED) is 0.157. The van der Waals surface area contributed by atoms with Gasteiger partial charge in [0.1, 0.15) is 0 Å². The molecule has 9 aromatic rings. The zero-order valence-corrected chi connectivity index (χ0v) is 31.5. The molecule has 7 aromatic carbocycles. The molecule has 4 heterocycles. The third kappa shape index (κ3) is 5.08. The number of fused-ring (bicyclic) bond motifs is 4. The van der Waals surface area contributed by atoms with Gasteiger partial charge in [-0.25, -0.2) is 0 Å². The second-order valence-electron chi connectivity index (χ2n) is 14.0. The van der Waals surface area contributed by atoms with Crippen LogP contribution < -0.4 is 15.1 Å². The van der Waals surface area contributed by atoms with Crippen molar-refractivity contribution in [3.05, 3.63) is 200 Å². The fourth-order valence-corrected chi connectivity index (χ4v) is 11.4. The van der Waals surface area contributed by atoms with Crippen LogP contribution in [-0.2, 0) is 0 Å². The van der Waals surface area contributed by atoms with E-state index in [2.05, 4.69) is 210 Å². The van der Waals surface area contributed by atoms with Crippen molar-refractivity contribution in [2.75, 3.05) is 9.62 Å². The average molecular weight is 737 g/mol. The number of thiophene rings is 2. The highest BCUT2D eigenvalue weighted by Crippen LogP contribution is 2.61. The van der Waals surface area contributed by atoms with E-state index in [1.165, 1.54) is 92.2 Å². The largest absolute Gasteiger partial charge is 0.423 e. The van der Waals surface area contributed by atoms with E-state index in [0.717, 1.165) is 0 Å². The molecule has 11 rings (SSSR count). The summed E-state index contributed by atoms with van der Waals surface area (Å²) in [6.07, 6.45) is 0. The van der Waals surface area contributed by atoms with Gasteiger partial charge in [-0.05, 0) is 63.1 Å². The van der Waals surface area contributed by atoms with Gasteiger partial charge in [-0.15, -0.1) is 22.7 Å². The van der Waals surface area contributed by atoms with Crippen LogP contribution in [0.4, 0.5) is 21.4 Å². The van der Waals surface area contributed by atoms with Crippen molar-refractivity contribution in [2.45, 2.75) is 0 Å². The zero-order chi connectivity index (χ0) is 36.3. The average Bonchev–Trinajstić information content (AvgIpc) is 3.87. The van der Waals surface area contributed by atoms with Gasteiger partial charge in [0.25, 0.3) is 0 Å². The highest BCUT2D eigenvalue weighted by atomic mass is 32.1. The minimum absolute atomic E-state index is 0.146. The van der Waals surface area contributed by atoms with Crippen LogP contribution in [0.5, 0.6) is 0 Å². The third-order valence-electron chi connectivity index (χ3n) is 10.9. The molecule has 5 heteroatoms. The molecule has 0 atom stereocenters. The Labute approximate surface area is 330 Å². The number of rotatable bonds is 6. The molecular formula is C50H33BN2S2. The Morgan fingerprint density at radius 3 is 1.00 bits per heavy atom. The predicted octanol–water partition coefficient (Wildman–Crippen LogP) is 13.8. The van der Waals surface area contributed by atoms with E-state index < -0.39 is 0 Å². The van der Waals surface area contributed by atoms with Crippen LogP contribution in [0.25, 0.3) is 65.4 Å². The highest BCUT2D eigenvalue weighted by molar-refractivity contribution is 7.23. The molecule has 2 aromatic heterocycles. The first-order valence-electron chi connectivity index (χ1n) is 18.7. The molecule has 0 fully saturated rings. The molecule has 0 radical (unpaired) electrons. The van der Waals surface area contributed by atoms with Crippen LogP contribution in [0.2, 0.25) is 0 Å². The summed E-state index contributed by atoms with van der Waals surface area (Å²) in [7, 11) is 0. The summed E-state index contributed by atoms with van der Waals surface area (Å²) in [5.74, 6) is 0. The molecule has 258 valence electrons. The fraction of sp³-hybridized carbons (Fsp3) is 0. The van der Waals surface area contributed by atoms with E-state index in [4.69, 9.17) is 0 Å². The second kappa shape index (κ2) is 13.2. The van der Waals surface area contributed by atoms with E-state index in [9.17, 15) is 0 Å². The summed E-state index contributed by atoms with van der Waals surface area (Å²) in [5.41, 5.74) is 16.3. The summed E-state index contributed by atoms with van der Waals surface area (Å²) in [6.45, 7) is -0.146. The maximum absolute atomic E-state index is 2.63. The van der Waals surface area contributed by atoms with Gasteiger partial charge < -0.3 is 9.62 Å². The lowest BCUT2D eigenvalue weighted by Gasteiger charge is -2.46. The first kappa shape index (κ1) is 32.1. The molecule has 0 saturated heterocycles. The summed E-state index contributed by atoms with van der Waals surface area (Å²) in [6, 6.07) is 73.0. The monoisotopic (exact) mass is 736 g/mol. The number of anilines is 4. The molecular weight excluding hydrogens is 704 g/mol. The predicted molar refractivity (Wildman–Crippen MR) is 237 cm³/mol. The van der Waals surface area contributed by atoms with E-state index in [-0.39, 0.29) is 6.98 Å². The van der Waals surface area contributed by atoms with Crippen LogP contribution in [0.1, 0.15) is 0 Å². The molecule has 2 nitrogen and oxygen atoms in total. The maximum Gasteiger partial charge on any atom is 0.423 e. The lowest BCUT2D eigenvalue weighted by Crippen LogP contribution is -2.61. The molecule has 0 amide bonds. The zero-order valence-electron chi connectivity index (χ0n) is 29.8. The van der Waals surface area contributed by atoms with Crippen molar-refractivity contribution < 1.29 is 0 Å². The number of para-hydroxylation sites is 2. The van der Waals surface area contributed by atoms with Crippen LogP contribution in [-0.4, -0.2) is 6.98 Å². The summed E-state index contributed by atoms with van der Waals surface area (Å²) >= 11 is 3.82. The third-order valence-corrected chi connectivity index (χ3v) is 13.4. The van der Waals surface area contributed by atoms with Crippen LogP contribution in [0.15, 0.2) is 200 Å². The lowest BCUT2D eigenvalue weighted by molar-refractivity contribution is 1.30. The first-order valence-corrected chi connectivity index (χ1v) is 20.4. The van der Waals surface area contributed by atoms with Gasteiger partial charge in [-0.2, -0.15) is 0 Å². The summed E-state index contributed by atoms with van der Waals surface area (Å²) in [5, 5.41) is 2.51. The first-order chi connectivity index (χ1) is 27.3. The van der Waals surface area contributed by atoms with E-state index in [1.54, 1.807) is 0 Å². The number of hydrogen-bond acceptors (Lipinski definition) is 4.